The molecule has 2 aromatic rings. The standard InChI is InChI=1S/C15H19BrN6O/c1-17-14-5-15(21-9-20-14)22-8-11(23)4-10(22)6-19-13-2-3-18-7-12(13)16/h2-3,5,7,9-11,23H,4,6,8H2,1H3,(H,18,19)(H,17,20,21)/t10-,11-/m1/s1. The summed E-state index contributed by atoms with van der Waals surface area (Å²) in [5, 5.41) is 16.5. The minimum Gasteiger partial charge on any atom is -0.391 e. The number of rotatable bonds is 5. The van der Waals surface area contributed by atoms with Gasteiger partial charge in [-0.25, -0.2) is 9.97 Å². The van der Waals surface area contributed by atoms with E-state index in [0.29, 0.717) is 19.5 Å². The van der Waals surface area contributed by atoms with Crippen molar-refractivity contribution in [3.8, 4) is 0 Å². The van der Waals surface area contributed by atoms with Gasteiger partial charge in [-0.05, 0) is 28.4 Å². The van der Waals surface area contributed by atoms with Crippen molar-refractivity contribution in [2.45, 2.75) is 18.6 Å². The zero-order chi connectivity index (χ0) is 16.2. The average molecular weight is 379 g/mol. The number of halogens is 1. The lowest BCUT2D eigenvalue weighted by atomic mass is 10.2. The van der Waals surface area contributed by atoms with Crippen LogP contribution in [0.1, 0.15) is 6.42 Å². The number of nitrogens with zero attached hydrogens (tertiary/aromatic N) is 4. The van der Waals surface area contributed by atoms with Crippen LogP contribution in [0.4, 0.5) is 17.3 Å². The molecule has 1 fully saturated rings. The Kier molecular flexibility index (Phi) is 4.92. The van der Waals surface area contributed by atoms with Crippen molar-refractivity contribution in [1.82, 2.24) is 15.0 Å². The van der Waals surface area contributed by atoms with Crippen molar-refractivity contribution in [2.24, 2.45) is 0 Å². The summed E-state index contributed by atoms with van der Waals surface area (Å²) in [6, 6.07) is 3.97. The molecule has 2 aromatic heterocycles. The van der Waals surface area contributed by atoms with Crippen LogP contribution >= 0.6 is 15.9 Å². The van der Waals surface area contributed by atoms with Gasteiger partial charge in [0.25, 0.3) is 0 Å². The number of β-amino-alcohol motifs (C(OH)–C–C–N with tert-alkyl or cyclic N) is 1. The third-order valence-electron chi connectivity index (χ3n) is 3.90. The van der Waals surface area contributed by atoms with Crippen LogP contribution in [0.25, 0.3) is 0 Å². The van der Waals surface area contributed by atoms with Gasteiger partial charge in [0, 0.05) is 38.6 Å². The second-order valence-corrected chi connectivity index (χ2v) is 6.30. The molecule has 3 N–H and O–H groups in total. The molecular formula is C15H19BrN6O. The van der Waals surface area contributed by atoms with Gasteiger partial charge in [0.05, 0.1) is 22.3 Å². The normalized spacial score (nSPS) is 20.6. The van der Waals surface area contributed by atoms with Crippen molar-refractivity contribution in [3.63, 3.8) is 0 Å². The molecule has 3 rings (SSSR count). The lowest BCUT2D eigenvalue weighted by molar-refractivity contribution is 0.194. The first-order chi connectivity index (χ1) is 11.2. The smallest absolute Gasteiger partial charge is 0.134 e. The minimum atomic E-state index is -0.351. The van der Waals surface area contributed by atoms with E-state index in [1.165, 1.54) is 6.33 Å². The maximum atomic E-state index is 10.1. The molecular weight excluding hydrogens is 360 g/mol. The summed E-state index contributed by atoms with van der Waals surface area (Å²) in [6.07, 6.45) is 5.39. The Labute approximate surface area is 143 Å². The molecule has 0 radical (unpaired) electrons. The molecule has 0 unspecified atom stereocenters. The average Bonchev–Trinajstić information content (AvgIpc) is 2.95. The third-order valence-corrected chi connectivity index (χ3v) is 4.53. The van der Waals surface area contributed by atoms with E-state index in [0.717, 1.165) is 21.8 Å². The number of hydrogen-bond donors (Lipinski definition) is 3. The van der Waals surface area contributed by atoms with Crippen LogP contribution < -0.4 is 15.5 Å². The van der Waals surface area contributed by atoms with E-state index in [9.17, 15) is 5.11 Å². The predicted octanol–water partition coefficient (Wildman–Crippen LogP) is 1.73. The van der Waals surface area contributed by atoms with Gasteiger partial charge >= 0.3 is 0 Å². The van der Waals surface area contributed by atoms with Crippen LogP contribution in [0, 0.1) is 0 Å². The summed E-state index contributed by atoms with van der Waals surface area (Å²) in [7, 11) is 1.82. The zero-order valence-electron chi connectivity index (χ0n) is 12.8. The Morgan fingerprint density at radius 3 is 3.09 bits per heavy atom. The van der Waals surface area contributed by atoms with E-state index in [4.69, 9.17) is 0 Å². The van der Waals surface area contributed by atoms with Crippen molar-refractivity contribution >= 4 is 33.3 Å². The highest BCUT2D eigenvalue weighted by atomic mass is 79.9. The largest absolute Gasteiger partial charge is 0.391 e. The minimum absolute atomic E-state index is 0.157. The molecule has 0 aromatic carbocycles. The molecule has 23 heavy (non-hydrogen) atoms. The Morgan fingerprint density at radius 2 is 2.30 bits per heavy atom. The summed E-state index contributed by atoms with van der Waals surface area (Å²) in [5.41, 5.74) is 0.986. The molecule has 122 valence electrons. The molecule has 0 spiro atoms. The fourth-order valence-electron chi connectivity index (χ4n) is 2.75. The molecule has 8 heteroatoms. The predicted molar refractivity (Wildman–Crippen MR) is 93.8 cm³/mol. The van der Waals surface area contributed by atoms with Crippen LogP contribution in [0.15, 0.2) is 35.3 Å². The number of aliphatic hydroxyl groups excluding tert-OH is 1. The summed E-state index contributed by atoms with van der Waals surface area (Å²) in [6.45, 7) is 1.28. The second kappa shape index (κ2) is 7.10. The molecule has 1 aliphatic rings. The molecule has 0 bridgehead atoms. The first-order valence-electron chi connectivity index (χ1n) is 7.45. The molecule has 7 nitrogen and oxygen atoms in total. The summed E-state index contributed by atoms with van der Waals surface area (Å²) >= 11 is 3.48. The van der Waals surface area contributed by atoms with Gasteiger partial charge in [-0.15, -0.1) is 0 Å². The SMILES string of the molecule is CNc1cc(N2C[C@H](O)C[C@@H]2CNc2ccncc2Br)ncn1. The highest BCUT2D eigenvalue weighted by Crippen LogP contribution is 2.26. The number of anilines is 3. The van der Waals surface area contributed by atoms with E-state index in [-0.39, 0.29) is 12.1 Å². The van der Waals surface area contributed by atoms with E-state index < -0.39 is 0 Å². The van der Waals surface area contributed by atoms with Gasteiger partial charge in [-0.1, -0.05) is 0 Å². The molecule has 1 aliphatic heterocycles. The number of hydrogen-bond acceptors (Lipinski definition) is 7. The Morgan fingerprint density at radius 1 is 1.43 bits per heavy atom. The van der Waals surface area contributed by atoms with Gasteiger partial charge in [-0.2, -0.15) is 0 Å². The molecule has 2 atom stereocenters. The Hall–Kier alpha value is -1.93. The van der Waals surface area contributed by atoms with Gasteiger partial charge in [-0.3, -0.25) is 4.98 Å². The molecule has 0 saturated carbocycles. The van der Waals surface area contributed by atoms with Crippen molar-refractivity contribution in [2.75, 3.05) is 35.7 Å². The third kappa shape index (κ3) is 3.70. The van der Waals surface area contributed by atoms with Gasteiger partial charge in [0.15, 0.2) is 0 Å². The fourth-order valence-corrected chi connectivity index (χ4v) is 3.14. The van der Waals surface area contributed by atoms with E-state index >= 15 is 0 Å². The van der Waals surface area contributed by atoms with Gasteiger partial charge < -0.3 is 20.6 Å². The van der Waals surface area contributed by atoms with Crippen LogP contribution in [0.3, 0.4) is 0 Å². The fraction of sp³-hybridized carbons (Fsp3) is 0.400. The van der Waals surface area contributed by atoms with Crippen LogP contribution in [0.5, 0.6) is 0 Å². The monoisotopic (exact) mass is 378 g/mol. The maximum Gasteiger partial charge on any atom is 0.134 e. The van der Waals surface area contributed by atoms with E-state index in [1.54, 1.807) is 12.4 Å². The first-order valence-corrected chi connectivity index (χ1v) is 8.24. The first kappa shape index (κ1) is 15.9. The summed E-state index contributed by atoms with van der Waals surface area (Å²) < 4.78 is 0.921. The van der Waals surface area contributed by atoms with Gasteiger partial charge in [0.1, 0.15) is 18.0 Å². The van der Waals surface area contributed by atoms with Crippen LogP contribution in [-0.2, 0) is 0 Å². The number of pyridine rings is 1. The highest BCUT2D eigenvalue weighted by molar-refractivity contribution is 9.10. The van der Waals surface area contributed by atoms with Crippen molar-refractivity contribution < 1.29 is 5.11 Å². The zero-order valence-corrected chi connectivity index (χ0v) is 14.4. The van der Waals surface area contributed by atoms with Crippen molar-refractivity contribution in [1.29, 1.82) is 0 Å². The van der Waals surface area contributed by atoms with Crippen LogP contribution in [-0.4, -0.2) is 52.3 Å². The quantitative estimate of drug-likeness (QED) is 0.730. The summed E-state index contributed by atoms with van der Waals surface area (Å²) in [4.78, 5) is 14.7. The number of aromatic nitrogens is 3. The molecule has 0 amide bonds. The van der Waals surface area contributed by atoms with Crippen molar-refractivity contribution in [3.05, 3.63) is 35.3 Å². The highest BCUT2D eigenvalue weighted by Gasteiger charge is 2.31. The Bertz CT molecular complexity index is 670. The lowest BCUT2D eigenvalue weighted by Crippen LogP contribution is -2.35. The Balaban J connectivity index is 1.73. The number of aliphatic hydroxyl groups is 1. The second-order valence-electron chi connectivity index (χ2n) is 5.44. The molecule has 1 saturated heterocycles. The summed E-state index contributed by atoms with van der Waals surface area (Å²) in [5.74, 6) is 1.58. The molecule has 0 aliphatic carbocycles. The topological polar surface area (TPSA) is 86.2 Å². The van der Waals surface area contributed by atoms with E-state index in [2.05, 4.69) is 46.4 Å². The van der Waals surface area contributed by atoms with Gasteiger partial charge in [0.2, 0.25) is 0 Å². The van der Waals surface area contributed by atoms with E-state index in [1.807, 2.05) is 19.2 Å². The molecule has 3 heterocycles. The lowest BCUT2D eigenvalue weighted by Gasteiger charge is -2.26. The van der Waals surface area contributed by atoms with Crippen LogP contribution in [0.2, 0.25) is 0 Å². The maximum absolute atomic E-state index is 10.1. The number of nitrogens with one attached hydrogen (secondary N) is 2.